The molecule has 0 aromatic carbocycles. The van der Waals surface area contributed by atoms with E-state index in [2.05, 4.69) is 4.98 Å². The van der Waals surface area contributed by atoms with Crippen LogP contribution < -0.4 is 5.73 Å². The lowest BCUT2D eigenvalue weighted by Gasteiger charge is -2.26. The second-order valence-electron chi connectivity index (χ2n) is 4.31. The number of hydrogen-bond acceptors (Lipinski definition) is 4. The highest BCUT2D eigenvalue weighted by molar-refractivity contribution is 7.89. The number of halogens is 3. The van der Waals surface area contributed by atoms with Crippen LogP contribution in [0, 0.1) is 0 Å². The number of nitrogen functional groups attached to an aromatic ring is 1. The number of hydrogen-bond donors (Lipinski definition) is 1. The van der Waals surface area contributed by atoms with Crippen LogP contribution in [0.2, 0.25) is 0 Å². The summed E-state index contributed by atoms with van der Waals surface area (Å²) in [6, 6.07) is -0.860. The summed E-state index contributed by atoms with van der Waals surface area (Å²) in [4.78, 5) is 3.57. The predicted octanol–water partition coefficient (Wildman–Crippen LogP) is 0.964. The summed E-state index contributed by atoms with van der Waals surface area (Å²) < 4.78 is 63.3. The molecule has 19 heavy (non-hydrogen) atoms. The highest BCUT2D eigenvalue weighted by Gasteiger charge is 2.40. The van der Waals surface area contributed by atoms with Crippen LogP contribution in [-0.2, 0) is 17.1 Å². The third-order valence-electron chi connectivity index (χ3n) is 2.37. The van der Waals surface area contributed by atoms with Crippen molar-refractivity contribution in [2.45, 2.75) is 31.1 Å². The molecule has 0 unspecified atom stereocenters. The van der Waals surface area contributed by atoms with Crippen molar-refractivity contribution in [2.75, 3.05) is 12.3 Å². The van der Waals surface area contributed by atoms with E-state index in [0.29, 0.717) is 4.31 Å². The van der Waals surface area contributed by atoms with Gasteiger partial charge in [0.1, 0.15) is 6.54 Å². The zero-order valence-electron chi connectivity index (χ0n) is 10.6. The minimum atomic E-state index is -4.63. The van der Waals surface area contributed by atoms with Gasteiger partial charge in [-0.3, -0.25) is 0 Å². The SMILES string of the molecule is CC(C)N(CC(F)(F)F)S(=O)(=O)c1c(N)ncn1C. The lowest BCUT2D eigenvalue weighted by molar-refractivity contribution is -0.138. The van der Waals surface area contributed by atoms with Gasteiger partial charge in [-0.25, -0.2) is 13.4 Å². The van der Waals surface area contributed by atoms with Crippen molar-refractivity contribution in [1.82, 2.24) is 13.9 Å². The van der Waals surface area contributed by atoms with Gasteiger partial charge in [-0.1, -0.05) is 0 Å². The molecular formula is C9H15F3N4O2S. The fraction of sp³-hybridized carbons (Fsp3) is 0.667. The third-order valence-corrected chi connectivity index (χ3v) is 4.53. The summed E-state index contributed by atoms with van der Waals surface area (Å²) in [6.45, 7) is 1.14. The molecule has 1 heterocycles. The molecule has 1 rings (SSSR count). The van der Waals surface area contributed by atoms with Crippen molar-refractivity contribution in [3.8, 4) is 0 Å². The number of rotatable bonds is 4. The molecule has 0 bridgehead atoms. The van der Waals surface area contributed by atoms with E-state index in [9.17, 15) is 21.6 Å². The van der Waals surface area contributed by atoms with Gasteiger partial charge in [-0.2, -0.15) is 17.5 Å². The normalized spacial score (nSPS) is 13.5. The number of sulfonamides is 1. The van der Waals surface area contributed by atoms with Crippen LogP contribution in [0.15, 0.2) is 11.4 Å². The average Bonchev–Trinajstić information content (AvgIpc) is 2.53. The molecule has 0 aliphatic carbocycles. The molecule has 10 heteroatoms. The molecule has 0 spiro atoms. The molecule has 0 saturated carbocycles. The fourth-order valence-electron chi connectivity index (χ4n) is 1.58. The van der Waals surface area contributed by atoms with Gasteiger partial charge in [-0.15, -0.1) is 0 Å². The monoisotopic (exact) mass is 300 g/mol. The van der Waals surface area contributed by atoms with Gasteiger partial charge < -0.3 is 10.3 Å². The molecule has 0 atom stereocenters. The number of nitrogens with two attached hydrogens (primary N) is 1. The zero-order chi connectivity index (χ0) is 15.0. The Bertz CT molecular complexity index is 531. The van der Waals surface area contributed by atoms with Crippen LogP contribution in [-0.4, -0.2) is 41.0 Å². The van der Waals surface area contributed by atoms with Crippen molar-refractivity contribution in [1.29, 1.82) is 0 Å². The first-order valence-corrected chi connectivity index (χ1v) is 6.76. The van der Waals surface area contributed by atoms with E-state index in [0.717, 1.165) is 10.9 Å². The third kappa shape index (κ3) is 3.38. The quantitative estimate of drug-likeness (QED) is 0.898. The molecule has 1 aromatic rings. The number of imidazole rings is 1. The smallest absolute Gasteiger partial charge is 0.381 e. The number of anilines is 1. The van der Waals surface area contributed by atoms with Crippen LogP contribution >= 0.6 is 0 Å². The maximum absolute atomic E-state index is 12.5. The van der Waals surface area contributed by atoms with Gasteiger partial charge in [0.25, 0.3) is 10.0 Å². The van der Waals surface area contributed by atoms with E-state index < -0.39 is 33.8 Å². The van der Waals surface area contributed by atoms with Crippen molar-refractivity contribution in [3.63, 3.8) is 0 Å². The molecule has 0 aliphatic heterocycles. The van der Waals surface area contributed by atoms with E-state index in [1.165, 1.54) is 20.9 Å². The second-order valence-corrected chi connectivity index (χ2v) is 6.11. The Kier molecular flexibility index (Phi) is 4.15. The molecular weight excluding hydrogens is 285 g/mol. The predicted molar refractivity (Wildman–Crippen MR) is 62.7 cm³/mol. The number of nitrogens with zero attached hydrogens (tertiary/aromatic N) is 3. The van der Waals surface area contributed by atoms with Crippen molar-refractivity contribution < 1.29 is 21.6 Å². The zero-order valence-corrected chi connectivity index (χ0v) is 11.5. The molecule has 110 valence electrons. The van der Waals surface area contributed by atoms with Gasteiger partial charge >= 0.3 is 6.18 Å². The highest BCUT2D eigenvalue weighted by Crippen LogP contribution is 2.26. The minimum absolute atomic E-state index is 0.324. The Morgan fingerprint density at radius 1 is 1.47 bits per heavy atom. The highest BCUT2D eigenvalue weighted by atomic mass is 32.2. The molecule has 0 saturated heterocycles. The topological polar surface area (TPSA) is 81.2 Å². The van der Waals surface area contributed by atoms with Gasteiger partial charge in [0, 0.05) is 13.1 Å². The van der Waals surface area contributed by atoms with Gasteiger partial charge in [0.2, 0.25) is 0 Å². The maximum Gasteiger partial charge on any atom is 0.402 e. The molecule has 0 fully saturated rings. The molecule has 0 aliphatic rings. The number of alkyl halides is 3. The molecule has 0 radical (unpaired) electrons. The Morgan fingerprint density at radius 2 is 2.00 bits per heavy atom. The van der Waals surface area contributed by atoms with Crippen LogP contribution in [0.3, 0.4) is 0 Å². The van der Waals surface area contributed by atoms with Crippen LogP contribution in [0.4, 0.5) is 19.0 Å². The van der Waals surface area contributed by atoms with Crippen LogP contribution in [0.5, 0.6) is 0 Å². The van der Waals surface area contributed by atoms with E-state index in [4.69, 9.17) is 5.73 Å². The summed E-state index contributed by atoms with van der Waals surface area (Å²) in [5.41, 5.74) is 5.41. The number of aromatic nitrogens is 2. The fourth-order valence-corrected chi connectivity index (χ4v) is 3.41. The molecule has 2 N–H and O–H groups in total. The summed E-state index contributed by atoms with van der Waals surface area (Å²) in [6.07, 6.45) is -3.50. The van der Waals surface area contributed by atoms with Crippen molar-refractivity contribution in [2.24, 2.45) is 7.05 Å². The van der Waals surface area contributed by atoms with Crippen molar-refractivity contribution >= 4 is 15.8 Å². The van der Waals surface area contributed by atoms with Gasteiger partial charge in [0.15, 0.2) is 10.8 Å². The standard InChI is InChI=1S/C9H15F3N4O2S/c1-6(2)16(4-9(10,11)12)19(17,18)8-7(13)14-5-15(8)3/h5-6H,4,13H2,1-3H3. The summed E-state index contributed by atoms with van der Waals surface area (Å²) in [5, 5.41) is -0.439. The summed E-state index contributed by atoms with van der Waals surface area (Å²) in [5.74, 6) is -0.324. The Hall–Kier alpha value is -1.29. The van der Waals surface area contributed by atoms with Gasteiger partial charge in [0.05, 0.1) is 6.33 Å². The summed E-state index contributed by atoms with van der Waals surface area (Å²) >= 11 is 0. The first-order chi connectivity index (χ1) is 8.47. The average molecular weight is 300 g/mol. The van der Waals surface area contributed by atoms with E-state index in [-0.39, 0.29) is 5.82 Å². The van der Waals surface area contributed by atoms with Crippen LogP contribution in [0.25, 0.3) is 0 Å². The lowest BCUT2D eigenvalue weighted by atomic mass is 10.4. The first-order valence-electron chi connectivity index (χ1n) is 5.32. The Labute approximate surface area is 109 Å². The second kappa shape index (κ2) is 5.00. The minimum Gasteiger partial charge on any atom is -0.381 e. The number of aryl methyl sites for hydroxylation is 1. The molecule has 1 aromatic heterocycles. The Balaban J connectivity index is 3.30. The largest absolute Gasteiger partial charge is 0.402 e. The van der Waals surface area contributed by atoms with E-state index >= 15 is 0 Å². The van der Waals surface area contributed by atoms with E-state index in [1.54, 1.807) is 0 Å². The van der Waals surface area contributed by atoms with Gasteiger partial charge in [-0.05, 0) is 13.8 Å². The molecule has 0 amide bonds. The van der Waals surface area contributed by atoms with E-state index in [1.807, 2.05) is 0 Å². The lowest BCUT2D eigenvalue weighted by Crippen LogP contribution is -2.43. The maximum atomic E-state index is 12.5. The summed E-state index contributed by atoms with van der Waals surface area (Å²) in [7, 11) is -3.01. The van der Waals surface area contributed by atoms with Crippen LogP contribution in [0.1, 0.15) is 13.8 Å². The Morgan fingerprint density at radius 3 is 2.32 bits per heavy atom. The first kappa shape index (κ1) is 15.8. The molecule has 6 nitrogen and oxygen atoms in total. The van der Waals surface area contributed by atoms with Crippen molar-refractivity contribution in [3.05, 3.63) is 6.33 Å².